The van der Waals surface area contributed by atoms with Crippen LogP contribution in [0.15, 0.2) is 28.8 Å². The van der Waals surface area contributed by atoms with Crippen molar-refractivity contribution in [3.63, 3.8) is 0 Å². The first-order valence-electron chi connectivity index (χ1n) is 7.30. The van der Waals surface area contributed by atoms with Gasteiger partial charge in [-0.25, -0.2) is 4.98 Å². The van der Waals surface area contributed by atoms with E-state index >= 15 is 0 Å². The third-order valence-electron chi connectivity index (χ3n) is 3.68. The van der Waals surface area contributed by atoms with E-state index in [2.05, 4.69) is 20.1 Å². The molecule has 7 heteroatoms. The number of fused-ring (bicyclic) bond motifs is 1. The van der Waals surface area contributed by atoms with Crippen LogP contribution in [-0.4, -0.2) is 33.3 Å². The third-order valence-corrected chi connectivity index (χ3v) is 3.68. The van der Waals surface area contributed by atoms with E-state index in [9.17, 15) is 0 Å². The minimum absolute atomic E-state index is 0.243. The van der Waals surface area contributed by atoms with Crippen molar-refractivity contribution < 1.29 is 14.0 Å². The minimum Gasteiger partial charge on any atom is -0.381 e. The Morgan fingerprint density at radius 2 is 2.18 bits per heavy atom. The smallest absolute Gasteiger partial charge is 0.252 e. The number of aromatic amines is 1. The molecule has 114 valence electrons. The van der Waals surface area contributed by atoms with Crippen LogP contribution in [0.5, 0.6) is 0 Å². The molecular weight excluding hydrogens is 284 g/mol. The van der Waals surface area contributed by atoms with Gasteiger partial charge in [0.25, 0.3) is 5.89 Å². The second-order valence-electron chi connectivity index (χ2n) is 5.30. The van der Waals surface area contributed by atoms with Crippen molar-refractivity contribution in [1.29, 1.82) is 0 Å². The molecule has 1 saturated heterocycles. The highest BCUT2D eigenvalue weighted by molar-refractivity contribution is 5.74. The van der Waals surface area contributed by atoms with E-state index in [0.29, 0.717) is 24.9 Å². The first kappa shape index (κ1) is 13.4. The average Bonchev–Trinajstić information content (AvgIpc) is 3.27. The topological polar surface area (TPSA) is 86.1 Å². The van der Waals surface area contributed by atoms with Crippen LogP contribution in [0.2, 0.25) is 0 Å². The Bertz CT molecular complexity index is 728. The quantitative estimate of drug-likeness (QED) is 0.777. The van der Waals surface area contributed by atoms with E-state index in [1.54, 1.807) is 0 Å². The molecular formula is C15H16N4O3. The van der Waals surface area contributed by atoms with Crippen LogP contribution in [-0.2, 0) is 22.7 Å². The lowest BCUT2D eigenvalue weighted by atomic mass is 10.1. The standard InChI is InChI=1S/C15H16N4O3/c1-2-4-12-11(3-1)16-13(17-12)8-21-9-14-18-15(19-22-14)10-5-6-20-7-10/h1-4,10H,5-9H2,(H,16,17). The number of nitrogens with one attached hydrogen (secondary N) is 1. The second-order valence-corrected chi connectivity index (χ2v) is 5.30. The fraction of sp³-hybridized carbons (Fsp3) is 0.400. The molecule has 0 spiro atoms. The molecule has 22 heavy (non-hydrogen) atoms. The normalized spacial score (nSPS) is 18.3. The van der Waals surface area contributed by atoms with Crippen LogP contribution < -0.4 is 0 Å². The number of hydrogen-bond acceptors (Lipinski definition) is 6. The molecule has 0 aliphatic carbocycles. The van der Waals surface area contributed by atoms with Gasteiger partial charge in [0.05, 0.1) is 17.6 Å². The van der Waals surface area contributed by atoms with Crippen molar-refractivity contribution in [2.45, 2.75) is 25.6 Å². The zero-order valence-electron chi connectivity index (χ0n) is 12.0. The first-order valence-corrected chi connectivity index (χ1v) is 7.30. The van der Waals surface area contributed by atoms with E-state index in [0.717, 1.165) is 29.9 Å². The number of H-pyrrole nitrogens is 1. The zero-order valence-corrected chi connectivity index (χ0v) is 12.0. The van der Waals surface area contributed by atoms with Gasteiger partial charge in [0.15, 0.2) is 5.82 Å². The molecule has 1 atom stereocenters. The molecule has 1 aliphatic heterocycles. The van der Waals surface area contributed by atoms with Crippen LogP contribution in [0.3, 0.4) is 0 Å². The number of aromatic nitrogens is 4. The molecule has 0 amide bonds. The summed E-state index contributed by atoms with van der Waals surface area (Å²) in [5, 5.41) is 3.99. The molecule has 4 rings (SSSR count). The van der Waals surface area contributed by atoms with Gasteiger partial charge in [0.1, 0.15) is 19.0 Å². The summed E-state index contributed by atoms with van der Waals surface area (Å²) >= 11 is 0. The first-order chi connectivity index (χ1) is 10.9. The maximum atomic E-state index is 5.59. The SMILES string of the molecule is c1ccc2[nH]c(COCc3nc(C4CCOC4)no3)nc2c1. The highest BCUT2D eigenvalue weighted by Crippen LogP contribution is 2.22. The molecule has 0 radical (unpaired) electrons. The maximum Gasteiger partial charge on any atom is 0.252 e. The summed E-state index contributed by atoms with van der Waals surface area (Å²) in [7, 11) is 0. The van der Waals surface area contributed by atoms with Gasteiger partial charge in [0.2, 0.25) is 0 Å². The number of benzene rings is 1. The van der Waals surface area contributed by atoms with Crippen LogP contribution >= 0.6 is 0 Å². The highest BCUT2D eigenvalue weighted by atomic mass is 16.5. The van der Waals surface area contributed by atoms with E-state index in [-0.39, 0.29) is 12.5 Å². The van der Waals surface area contributed by atoms with Crippen LogP contribution in [0.1, 0.15) is 29.9 Å². The molecule has 3 heterocycles. The highest BCUT2D eigenvalue weighted by Gasteiger charge is 2.23. The molecule has 2 aromatic heterocycles. The molecule has 0 saturated carbocycles. The predicted molar refractivity (Wildman–Crippen MR) is 77.1 cm³/mol. The molecule has 1 unspecified atom stereocenters. The number of para-hydroxylation sites is 2. The number of ether oxygens (including phenoxy) is 2. The maximum absolute atomic E-state index is 5.59. The van der Waals surface area contributed by atoms with Gasteiger partial charge in [0, 0.05) is 12.5 Å². The Kier molecular flexibility index (Phi) is 3.57. The fourth-order valence-electron chi connectivity index (χ4n) is 2.54. The van der Waals surface area contributed by atoms with Crippen molar-refractivity contribution in [1.82, 2.24) is 20.1 Å². The summed E-state index contributed by atoms with van der Waals surface area (Å²) in [6, 6.07) is 7.88. The van der Waals surface area contributed by atoms with E-state index < -0.39 is 0 Å². The summed E-state index contributed by atoms with van der Waals surface area (Å²) in [4.78, 5) is 12.0. The third kappa shape index (κ3) is 2.72. The Morgan fingerprint density at radius 3 is 3.05 bits per heavy atom. The van der Waals surface area contributed by atoms with Crippen molar-refractivity contribution in [2.24, 2.45) is 0 Å². The van der Waals surface area contributed by atoms with Gasteiger partial charge >= 0.3 is 0 Å². The van der Waals surface area contributed by atoms with Gasteiger partial charge in [-0.15, -0.1) is 0 Å². The number of rotatable bonds is 5. The molecule has 1 fully saturated rings. The summed E-state index contributed by atoms with van der Waals surface area (Å²) in [6.45, 7) is 2.08. The summed E-state index contributed by atoms with van der Waals surface area (Å²) in [5.74, 6) is 2.22. The molecule has 0 bridgehead atoms. The van der Waals surface area contributed by atoms with Gasteiger partial charge < -0.3 is 19.0 Å². The van der Waals surface area contributed by atoms with Crippen molar-refractivity contribution >= 4 is 11.0 Å². The Hall–Kier alpha value is -2.25. The van der Waals surface area contributed by atoms with Crippen LogP contribution in [0.25, 0.3) is 11.0 Å². The van der Waals surface area contributed by atoms with E-state index in [1.807, 2.05) is 24.3 Å². The van der Waals surface area contributed by atoms with E-state index in [4.69, 9.17) is 14.0 Å². The zero-order chi connectivity index (χ0) is 14.8. The molecule has 3 aromatic rings. The van der Waals surface area contributed by atoms with Gasteiger partial charge in [-0.2, -0.15) is 4.98 Å². The fourth-order valence-corrected chi connectivity index (χ4v) is 2.54. The molecule has 1 aromatic carbocycles. The largest absolute Gasteiger partial charge is 0.381 e. The molecule has 7 nitrogen and oxygen atoms in total. The molecule has 1 aliphatic rings. The number of nitrogens with zero attached hydrogens (tertiary/aromatic N) is 3. The Morgan fingerprint density at radius 1 is 1.23 bits per heavy atom. The summed E-state index contributed by atoms with van der Waals surface area (Å²) in [5.41, 5.74) is 1.94. The van der Waals surface area contributed by atoms with Crippen LogP contribution in [0.4, 0.5) is 0 Å². The number of imidazole rings is 1. The summed E-state index contributed by atoms with van der Waals surface area (Å²) in [6.07, 6.45) is 0.943. The Labute approximate surface area is 126 Å². The predicted octanol–water partition coefficient (Wildman–Crippen LogP) is 2.17. The second kappa shape index (κ2) is 5.86. The number of hydrogen-bond donors (Lipinski definition) is 1. The van der Waals surface area contributed by atoms with Gasteiger partial charge in [-0.05, 0) is 18.6 Å². The monoisotopic (exact) mass is 300 g/mol. The lowest BCUT2D eigenvalue weighted by Gasteiger charge is -1.98. The molecule has 1 N–H and O–H groups in total. The van der Waals surface area contributed by atoms with E-state index in [1.165, 1.54) is 0 Å². The lowest BCUT2D eigenvalue weighted by Crippen LogP contribution is -2.01. The lowest BCUT2D eigenvalue weighted by molar-refractivity contribution is 0.0811. The van der Waals surface area contributed by atoms with Crippen molar-refractivity contribution in [2.75, 3.05) is 13.2 Å². The van der Waals surface area contributed by atoms with Crippen LogP contribution in [0, 0.1) is 0 Å². The van der Waals surface area contributed by atoms with Crippen molar-refractivity contribution in [3.05, 3.63) is 41.8 Å². The summed E-state index contributed by atoms with van der Waals surface area (Å²) < 4.78 is 16.1. The Balaban J connectivity index is 1.34. The average molecular weight is 300 g/mol. The van der Waals surface area contributed by atoms with Gasteiger partial charge in [-0.1, -0.05) is 17.3 Å². The van der Waals surface area contributed by atoms with Crippen molar-refractivity contribution in [3.8, 4) is 0 Å². The van der Waals surface area contributed by atoms with Gasteiger partial charge in [-0.3, -0.25) is 0 Å². The minimum atomic E-state index is 0.243.